The Morgan fingerprint density at radius 1 is 1.00 bits per heavy atom. The molecule has 0 atom stereocenters. The van der Waals surface area contributed by atoms with Crippen molar-refractivity contribution in [3.8, 4) is 11.1 Å². The van der Waals surface area contributed by atoms with Crippen LogP contribution < -0.4 is 5.32 Å². The molecule has 0 aliphatic heterocycles. The second-order valence-electron chi connectivity index (χ2n) is 4.41. The minimum atomic E-state index is -1.12. The number of hydrogen-bond donors (Lipinski definition) is 2. The van der Waals surface area contributed by atoms with Crippen molar-refractivity contribution in [2.24, 2.45) is 0 Å². The summed E-state index contributed by atoms with van der Waals surface area (Å²) in [4.78, 5) is 14.5. The van der Waals surface area contributed by atoms with Crippen molar-refractivity contribution in [3.05, 3.63) is 66.6 Å². The molecule has 1 aromatic heterocycles. The van der Waals surface area contributed by atoms with Gasteiger partial charge in [0.25, 0.3) is 6.01 Å². The normalized spacial score (nSPS) is 10.3. The van der Waals surface area contributed by atoms with Gasteiger partial charge in [0, 0.05) is 5.69 Å². The Hall–Kier alpha value is -3.08. The number of carbonyl (C=O) groups is 1. The summed E-state index contributed by atoms with van der Waals surface area (Å²) < 4.78 is 5.04. The summed E-state index contributed by atoms with van der Waals surface area (Å²) in [5, 5.41) is 11.7. The highest BCUT2D eigenvalue weighted by molar-refractivity contribution is 5.85. The smallest absolute Gasteiger partial charge is 0.357 e. The summed E-state index contributed by atoms with van der Waals surface area (Å²) in [6, 6.07) is 17.9. The summed E-state index contributed by atoms with van der Waals surface area (Å²) in [7, 11) is 0. The van der Waals surface area contributed by atoms with Gasteiger partial charge in [-0.15, -0.1) is 0 Å². The van der Waals surface area contributed by atoms with Crippen LogP contribution in [0.2, 0.25) is 0 Å². The molecule has 0 bridgehead atoms. The summed E-state index contributed by atoms with van der Waals surface area (Å²) >= 11 is 0. The van der Waals surface area contributed by atoms with Gasteiger partial charge in [-0.05, 0) is 23.3 Å². The van der Waals surface area contributed by atoms with E-state index in [0.29, 0.717) is 0 Å². The van der Waals surface area contributed by atoms with E-state index in [1.165, 1.54) is 0 Å². The lowest BCUT2D eigenvalue weighted by Crippen LogP contribution is -1.97. The zero-order chi connectivity index (χ0) is 14.7. The summed E-state index contributed by atoms with van der Waals surface area (Å²) in [5.41, 5.74) is 2.87. The molecule has 2 aromatic carbocycles. The molecule has 21 heavy (non-hydrogen) atoms. The van der Waals surface area contributed by atoms with E-state index in [4.69, 9.17) is 9.52 Å². The second kappa shape index (κ2) is 5.50. The van der Waals surface area contributed by atoms with Gasteiger partial charge in [-0.25, -0.2) is 4.79 Å². The van der Waals surface area contributed by atoms with Gasteiger partial charge in [-0.3, -0.25) is 0 Å². The lowest BCUT2D eigenvalue weighted by molar-refractivity contribution is 0.0690. The number of aromatic nitrogens is 1. The molecule has 0 saturated carbocycles. The Bertz CT molecular complexity index is 749. The fourth-order valence-corrected chi connectivity index (χ4v) is 1.93. The molecule has 5 nitrogen and oxygen atoms in total. The zero-order valence-corrected chi connectivity index (χ0v) is 11.0. The van der Waals surface area contributed by atoms with Gasteiger partial charge in [0.1, 0.15) is 6.26 Å². The number of carboxylic acid groups (broad SMARTS) is 1. The lowest BCUT2D eigenvalue weighted by atomic mass is 10.1. The van der Waals surface area contributed by atoms with Crippen molar-refractivity contribution in [3.63, 3.8) is 0 Å². The number of nitrogens with zero attached hydrogens (tertiary/aromatic N) is 1. The van der Waals surface area contributed by atoms with Crippen molar-refractivity contribution in [2.45, 2.75) is 0 Å². The highest BCUT2D eigenvalue weighted by Crippen LogP contribution is 2.22. The Morgan fingerprint density at radius 2 is 1.67 bits per heavy atom. The number of anilines is 2. The van der Waals surface area contributed by atoms with E-state index in [0.717, 1.165) is 23.1 Å². The summed E-state index contributed by atoms with van der Waals surface area (Å²) in [6.45, 7) is 0. The van der Waals surface area contributed by atoms with Crippen LogP contribution in [0, 0.1) is 0 Å². The number of hydrogen-bond acceptors (Lipinski definition) is 4. The first-order valence-corrected chi connectivity index (χ1v) is 6.34. The molecule has 0 fully saturated rings. The Balaban J connectivity index is 1.76. The molecule has 0 saturated heterocycles. The maximum Gasteiger partial charge on any atom is 0.357 e. The average molecular weight is 280 g/mol. The Morgan fingerprint density at radius 3 is 2.29 bits per heavy atom. The highest BCUT2D eigenvalue weighted by atomic mass is 16.4. The molecule has 0 spiro atoms. The van der Waals surface area contributed by atoms with Crippen molar-refractivity contribution >= 4 is 17.7 Å². The fourth-order valence-electron chi connectivity index (χ4n) is 1.93. The van der Waals surface area contributed by atoms with E-state index in [9.17, 15) is 4.79 Å². The Kier molecular flexibility index (Phi) is 3.39. The molecule has 2 N–H and O–H groups in total. The van der Waals surface area contributed by atoms with Crippen LogP contribution in [0.5, 0.6) is 0 Å². The number of benzene rings is 2. The first-order valence-electron chi connectivity index (χ1n) is 6.34. The van der Waals surface area contributed by atoms with Gasteiger partial charge in [0.05, 0.1) is 0 Å². The molecule has 3 rings (SSSR count). The van der Waals surface area contributed by atoms with Crippen molar-refractivity contribution in [2.75, 3.05) is 5.32 Å². The minimum Gasteiger partial charge on any atom is -0.476 e. The van der Waals surface area contributed by atoms with Crippen LogP contribution in [0.1, 0.15) is 10.5 Å². The lowest BCUT2D eigenvalue weighted by Gasteiger charge is -2.04. The summed E-state index contributed by atoms with van der Waals surface area (Å²) in [6.07, 6.45) is 1.10. The van der Waals surface area contributed by atoms with Gasteiger partial charge >= 0.3 is 5.97 Å². The molecule has 0 unspecified atom stereocenters. The van der Waals surface area contributed by atoms with Gasteiger partial charge in [-0.2, -0.15) is 4.98 Å². The average Bonchev–Trinajstić information content (AvgIpc) is 2.98. The van der Waals surface area contributed by atoms with E-state index in [1.807, 2.05) is 54.6 Å². The number of carboxylic acids is 1. The number of rotatable bonds is 4. The molecule has 0 aliphatic rings. The molecular weight excluding hydrogens is 268 g/mol. The van der Waals surface area contributed by atoms with E-state index in [2.05, 4.69) is 10.3 Å². The molecular formula is C16H12N2O3. The number of oxazole rings is 1. The van der Waals surface area contributed by atoms with Crippen LogP contribution in [0.3, 0.4) is 0 Å². The maximum absolute atomic E-state index is 10.7. The van der Waals surface area contributed by atoms with Crippen LogP contribution in [0.4, 0.5) is 11.7 Å². The third kappa shape index (κ3) is 2.92. The molecule has 0 aliphatic carbocycles. The van der Waals surface area contributed by atoms with Gasteiger partial charge in [0.2, 0.25) is 0 Å². The van der Waals surface area contributed by atoms with Crippen molar-refractivity contribution in [1.82, 2.24) is 4.98 Å². The SMILES string of the molecule is O=C(O)c1coc(Nc2ccc(-c3ccccc3)cc2)n1. The van der Waals surface area contributed by atoms with Gasteiger partial charge in [0.15, 0.2) is 5.69 Å². The third-order valence-corrected chi connectivity index (χ3v) is 2.97. The molecule has 104 valence electrons. The standard InChI is InChI=1S/C16H12N2O3/c19-15(20)14-10-21-16(18-14)17-13-8-6-12(7-9-13)11-4-2-1-3-5-11/h1-10H,(H,17,18)(H,19,20). The van der Waals surface area contributed by atoms with E-state index in [-0.39, 0.29) is 11.7 Å². The molecule has 3 aromatic rings. The van der Waals surface area contributed by atoms with E-state index in [1.54, 1.807) is 0 Å². The molecule has 5 heteroatoms. The van der Waals surface area contributed by atoms with Crippen molar-refractivity contribution in [1.29, 1.82) is 0 Å². The number of nitrogens with one attached hydrogen (secondary N) is 1. The van der Waals surface area contributed by atoms with Crippen LogP contribution in [-0.4, -0.2) is 16.1 Å². The molecule has 1 heterocycles. The van der Waals surface area contributed by atoms with E-state index >= 15 is 0 Å². The number of aromatic carboxylic acids is 1. The van der Waals surface area contributed by atoms with Crippen molar-refractivity contribution < 1.29 is 14.3 Å². The highest BCUT2D eigenvalue weighted by Gasteiger charge is 2.10. The molecule has 0 radical (unpaired) electrons. The summed E-state index contributed by atoms with van der Waals surface area (Å²) in [5.74, 6) is -1.12. The maximum atomic E-state index is 10.7. The first kappa shape index (κ1) is 12.9. The quantitative estimate of drug-likeness (QED) is 0.760. The monoisotopic (exact) mass is 280 g/mol. The van der Waals surface area contributed by atoms with Crippen LogP contribution in [0.25, 0.3) is 11.1 Å². The zero-order valence-electron chi connectivity index (χ0n) is 11.0. The van der Waals surface area contributed by atoms with Crippen LogP contribution >= 0.6 is 0 Å². The largest absolute Gasteiger partial charge is 0.476 e. The predicted molar refractivity (Wildman–Crippen MR) is 78.6 cm³/mol. The molecule has 0 amide bonds. The minimum absolute atomic E-state index is 0.126. The van der Waals surface area contributed by atoms with Gasteiger partial charge < -0.3 is 14.8 Å². The first-order chi connectivity index (χ1) is 10.2. The predicted octanol–water partition coefficient (Wildman–Crippen LogP) is 3.78. The topological polar surface area (TPSA) is 75.4 Å². The second-order valence-corrected chi connectivity index (χ2v) is 4.41. The fraction of sp³-hybridized carbons (Fsp3) is 0. The van der Waals surface area contributed by atoms with E-state index < -0.39 is 5.97 Å². The van der Waals surface area contributed by atoms with Crippen LogP contribution in [-0.2, 0) is 0 Å². The van der Waals surface area contributed by atoms with Gasteiger partial charge in [-0.1, -0.05) is 42.5 Å². The third-order valence-electron chi connectivity index (χ3n) is 2.97. The Labute approximate surface area is 120 Å². The van der Waals surface area contributed by atoms with Crippen LogP contribution in [0.15, 0.2) is 65.3 Å².